The molecule has 0 saturated heterocycles. The molecular formula is C10H11NO. The van der Waals surface area contributed by atoms with E-state index in [-0.39, 0.29) is 11.8 Å². The quantitative estimate of drug-likeness (QED) is 0.603. The summed E-state index contributed by atoms with van der Waals surface area (Å²) in [5.74, 6) is 2.39. The lowest BCUT2D eigenvalue weighted by atomic mass is 9.89. The Balaban J connectivity index is 2.68. The summed E-state index contributed by atoms with van der Waals surface area (Å²) in [4.78, 5) is 10.6. The maximum absolute atomic E-state index is 10.6. The first-order valence-electron chi connectivity index (χ1n) is 3.85. The molecule has 0 bridgehead atoms. The minimum absolute atomic E-state index is 0.123. The Morgan fingerprint density at radius 2 is 2.58 bits per heavy atom. The number of nitrogens with two attached hydrogens (primary N) is 1. The number of allylic oxidation sites excluding steroid dienone is 4. The Morgan fingerprint density at radius 1 is 1.83 bits per heavy atom. The molecule has 12 heavy (non-hydrogen) atoms. The van der Waals surface area contributed by atoms with Gasteiger partial charge < -0.3 is 5.73 Å². The van der Waals surface area contributed by atoms with Crippen LogP contribution in [0.2, 0.25) is 0 Å². The third-order valence-corrected chi connectivity index (χ3v) is 1.89. The standard InChI is InChI=1S/C10H11NO/c1-2-8-5-3-4-6-9(8)7-10(11)12/h1,3-5,9H,6-7H2,(H2,11,12). The molecule has 0 aromatic heterocycles. The highest BCUT2D eigenvalue weighted by Crippen LogP contribution is 2.22. The van der Waals surface area contributed by atoms with Crippen molar-refractivity contribution in [2.45, 2.75) is 12.8 Å². The van der Waals surface area contributed by atoms with E-state index >= 15 is 0 Å². The van der Waals surface area contributed by atoms with Crippen LogP contribution in [0.15, 0.2) is 23.8 Å². The van der Waals surface area contributed by atoms with Crippen LogP contribution in [0.3, 0.4) is 0 Å². The first kappa shape index (κ1) is 8.61. The first-order chi connectivity index (χ1) is 5.74. The summed E-state index contributed by atoms with van der Waals surface area (Å²) in [5.41, 5.74) is 5.95. The SMILES string of the molecule is C#CC1=CC=CCC1CC(N)=O. The lowest BCUT2D eigenvalue weighted by Crippen LogP contribution is -2.17. The van der Waals surface area contributed by atoms with Crippen LogP contribution < -0.4 is 5.73 Å². The summed E-state index contributed by atoms with van der Waals surface area (Å²) in [6.07, 6.45) is 12.2. The van der Waals surface area contributed by atoms with Crippen molar-refractivity contribution in [3.05, 3.63) is 23.8 Å². The molecule has 2 N–H and O–H groups in total. The molecule has 1 aliphatic rings. The van der Waals surface area contributed by atoms with Gasteiger partial charge in [-0.15, -0.1) is 6.42 Å². The van der Waals surface area contributed by atoms with Crippen molar-refractivity contribution in [1.82, 2.24) is 0 Å². The molecule has 1 aliphatic carbocycles. The van der Waals surface area contributed by atoms with Crippen molar-refractivity contribution in [2.75, 3.05) is 0 Å². The van der Waals surface area contributed by atoms with Crippen LogP contribution in [0, 0.1) is 18.3 Å². The van der Waals surface area contributed by atoms with E-state index in [0.717, 1.165) is 12.0 Å². The van der Waals surface area contributed by atoms with Gasteiger partial charge in [0.2, 0.25) is 5.91 Å². The normalized spacial score (nSPS) is 21.2. The second kappa shape index (κ2) is 3.77. The van der Waals surface area contributed by atoms with E-state index in [0.29, 0.717) is 6.42 Å². The lowest BCUT2D eigenvalue weighted by molar-refractivity contribution is -0.118. The van der Waals surface area contributed by atoms with E-state index < -0.39 is 0 Å². The molecule has 0 radical (unpaired) electrons. The van der Waals surface area contributed by atoms with Crippen molar-refractivity contribution in [3.63, 3.8) is 0 Å². The number of hydrogen-bond donors (Lipinski definition) is 1. The Labute approximate surface area is 72.1 Å². The summed E-state index contributed by atoms with van der Waals surface area (Å²) >= 11 is 0. The van der Waals surface area contributed by atoms with Gasteiger partial charge in [-0.1, -0.05) is 24.1 Å². The van der Waals surface area contributed by atoms with Crippen LogP contribution in [-0.4, -0.2) is 5.91 Å². The largest absolute Gasteiger partial charge is 0.370 e. The van der Waals surface area contributed by atoms with Crippen LogP contribution in [0.5, 0.6) is 0 Å². The molecule has 62 valence electrons. The molecule has 0 fully saturated rings. The monoisotopic (exact) mass is 161 g/mol. The van der Waals surface area contributed by atoms with Crippen molar-refractivity contribution >= 4 is 5.91 Å². The minimum Gasteiger partial charge on any atom is -0.370 e. The van der Waals surface area contributed by atoms with Gasteiger partial charge in [0.1, 0.15) is 0 Å². The molecule has 0 aliphatic heterocycles. The molecule has 1 unspecified atom stereocenters. The van der Waals surface area contributed by atoms with Gasteiger partial charge in [0.15, 0.2) is 0 Å². The van der Waals surface area contributed by atoms with Crippen LogP contribution in [-0.2, 0) is 4.79 Å². The van der Waals surface area contributed by atoms with Crippen molar-refractivity contribution in [2.24, 2.45) is 11.7 Å². The van der Waals surface area contributed by atoms with Crippen LogP contribution in [0.25, 0.3) is 0 Å². The Hall–Kier alpha value is -1.49. The zero-order valence-electron chi connectivity index (χ0n) is 6.79. The Kier molecular flexibility index (Phi) is 2.71. The van der Waals surface area contributed by atoms with Gasteiger partial charge in [-0.25, -0.2) is 0 Å². The molecule has 0 spiro atoms. The van der Waals surface area contributed by atoms with Gasteiger partial charge in [-0.2, -0.15) is 0 Å². The highest BCUT2D eigenvalue weighted by molar-refractivity contribution is 5.74. The molecule has 1 atom stereocenters. The smallest absolute Gasteiger partial charge is 0.218 e. The van der Waals surface area contributed by atoms with E-state index in [1.165, 1.54) is 0 Å². The number of carbonyl (C=O) groups is 1. The summed E-state index contributed by atoms with van der Waals surface area (Å²) in [5, 5.41) is 0. The zero-order valence-corrected chi connectivity index (χ0v) is 6.79. The maximum atomic E-state index is 10.6. The van der Waals surface area contributed by atoms with Gasteiger partial charge in [0.05, 0.1) is 0 Å². The average Bonchev–Trinajstić information content (AvgIpc) is 2.04. The molecular weight excluding hydrogens is 150 g/mol. The number of carbonyl (C=O) groups excluding carboxylic acids is 1. The van der Waals surface area contributed by atoms with Crippen LogP contribution >= 0.6 is 0 Å². The van der Waals surface area contributed by atoms with Crippen LogP contribution in [0.1, 0.15) is 12.8 Å². The highest BCUT2D eigenvalue weighted by atomic mass is 16.1. The van der Waals surface area contributed by atoms with Gasteiger partial charge in [-0.05, 0) is 6.42 Å². The number of terminal acetylenes is 1. The Morgan fingerprint density at radius 3 is 3.17 bits per heavy atom. The zero-order chi connectivity index (χ0) is 8.97. The molecule has 1 amide bonds. The highest BCUT2D eigenvalue weighted by Gasteiger charge is 2.15. The predicted octanol–water partition coefficient (Wildman–Crippen LogP) is 0.998. The lowest BCUT2D eigenvalue weighted by Gasteiger charge is -2.15. The predicted molar refractivity (Wildman–Crippen MR) is 48.0 cm³/mol. The number of amides is 1. The summed E-state index contributed by atoms with van der Waals surface area (Å²) in [6.45, 7) is 0. The molecule has 1 rings (SSSR count). The van der Waals surface area contributed by atoms with E-state index in [1.54, 1.807) is 0 Å². The van der Waals surface area contributed by atoms with Crippen molar-refractivity contribution in [1.29, 1.82) is 0 Å². The Bertz CT molecular complexity index is 281. The van der Waals surface area contributed by atoms with E-state index in [2.05, 4.69) is 5.92 Å². The topological polar surface area (TPSA) is 43.1 Å². The number of hydrogen-bond acceptors (Lipinski definition) is 1. The van der Waals surface area contributed by atoms with Crippen molar-refractivity contribution in [3.8, 4) is 12.3 Å². The van der Waals surface area contributed by atoms with Gasteiger partial charge in [-0.3, -0.25) is 4.79 Å². The second-order valence-electron chi connectivity index (χ2n) is 2.80. The fraction of sp³-hybridized carbons (Fsp3) is 0.300. The molecule has 0 aromatic carbocycles. The third-order valence-electron chi connectivity index (χ3n) is 1.89. The average molecular weight is 161 g/mol. The molecule has 0 heterocycles. The molecule has 0 aromatic rings. The van der Waals surface area contributed by atoms with Gasteiger partial charge >= 0.3 is 0 Å². The van der Waals surface area contributed by atoms with Gasteiger partial charge in [0.25, 0.3) is 0 Å². The van der Waals surface area contributed by atoms with Crippen molar-refractivity contribution < 1.29 is 4.79 Å². The fourth-order valence-corrected chi connectivity index (χ4v) is 1.28. The molecule has 0 saturated carbocycles. The van der Waals surface area contributed by atoms with E-state index in [1.807, 2.05) is 18.2 Å². The molecule has 2 nitrogen and oxygen atoms in total. The third kappa shape index (κ3) is 2.00. The number of rotatable bonds is 2. The minimum atomic E-state index is -0.295. The first-order valence-corrected chi connectivity index (χ1v) is 3.85. The second-order valence-corrected chi connectivity index (χ2v) is 2.80. The summed E-state index contributed by atoms with van der Waals surface area (Å²) in [7, 11) is 0. The molecule has 2 heteroatoms. The summed E-state index contributed by atoms with van der Waals surface area (Å²) in [6, 6.07) is 0. The fourth-order valence-electron chi connectivity index (χ4n) is 1.28. The summed E-state index contributed by atoms with van der Waals surface area (Å²) < 4.78 is 0. The van der Waals surface area contributed by atoms with Gasteiger partial charge in [0, 0.05) is 17.9 Å². The van der Waals surface area contributed by atoms with Crippen LogP contribution in [0.4, 0.5) is 0 Å². The number of primary amides is 1. The van der Waals surface area contributed by atoms with E-state index in [9.17, 15) is 4.79 Å². The maximum Gasteiger partial charge on any atom is 0.218 e. The van der Waals surface area contributed by atoms with E-state index in [4.69, 9.17) is 12.2 Å².